The summed E-state index contributed by atoms with van der Waals surface area (Å²) in [5.74, 6) is -0.148. The molecule has 0 bridgehead atoms. The Morgan fingerprint density at radius 1 is 1.23 bits per heavy atom. The third-order valence-corrected chi connectivity index (χ3v) is 5.13. The van der Waals surface area contributed by atoms with Crippen molar-refractivity contribution in [2.24, 2.45) is 5.41 Å². The van der Waals surface area contributed by atoms with Gasteiger partial charge in [0.05, 0.1) is 13.2 Å². The number of rotatable bonds is 3. The molecule has 0 aliphatic carbocycles. The third-order valence-electron chi connectivity index (χ3n) is 5.13. The molecule has 5 heteroatoms. The number of fused-ring (bicyclic) bond motifs is 3. The number of hydrogen-bond donors (Lipinski definition) is 0. The molecular weight excluding hydrogens is 282 g/mol. The molecule has 0 radical (unpaired) electrons. The minimum atomic E-state index is -1.04. The Hall–Kier alpha value is -2.17. The minimum absolute atomic E-state index is 0.0554. The minimum Gasteiger partial charge on any atom is -0.497 e. The van der Waals surface area contributed by atoms with Crippen molar-refractivity contribution in [1.29, 1.82) is 0 Å². The van der Waals surface area contributed by atoms with Gasteiger partial charge >= 0.3 is 0 Å². The quantitative estimate of drug-likeness (QED) is 0.635. The molecule has 22 heavy (non-hydrogen) atoms. The zero-order valence-corrected chi connectivity index (χ0v) is 13.0. The van der Waals surface area contributed by atoms with E-state index in [1.807, 2.05) is 13.8 Å². The highest BCUT2D eigenvalue weighted by molar-refractivity contribution is 6.18. The maximum absolute atomic E-state index is 12.9. The fourth-order valence-electron chi connectivity index (χ4n) is 3.65. The van der Waals surface area contributed by atoms with E-state index in [0.717, 1.165) is 5.56 Å². The number of methoxy groups -OCH3 is 1. The number of imide groups is 1. The first-order chi connectivity index (χ1) is 10.5. The van der Waals surface area contributed by atoms with Crippen LogP contribution in [0, 0.1) is 5.41 Å². The summed E-state index contributed by atoms with van der Waals surface area (Å²) in [6.45, 7) is 3.66. The fourth-order valence-corrected chi connectivity index (χ4v) is 3.65. The average molecular weight is 301 g/mol. The average Bonchev–Trinajstić information content (AvgIpc) is 2.81. The Bertz CT molecular complexity index is 675. The van der Waals surface area contributed by atoms with Crippen molar-refractivity contribution >= 4 is 17.6 Å². The summed E-state index contributed by atoms with van der Waals surface area (Å²) in [7, 11) is 1.53. The predicted octanol–water partition coefficient (Wildman–Crippen LogP) is 2.50. The van der Waals surface area contributed by atoms with E-state index in [1.54, 1.807) is 18.2 Å². The zero-order chi connectivity index (χ0) is 16.1. The molecule has 116 valence electrons. The first-order valence-electron chi connectivity index (χ1n) is 7.59. The lowest BCUT2D eigenvalue weighted by Gasteiger charge is -2.40. The first kappa shape index (κ1) is 14.8. The van der Waals surface area contributed by atoms with Gasteiger partial charge in [0.15, 0.2) is 5.78 Å². The normalized spacial score (nSPS) is 22.6. The molecule has 1 fully saturated rings. The van der Waals surface area contributed by atoms with Crippen molar-refractivity contribution in [3.63, 3.8) is 0 Å². The molecule has 5 nitrogen and oxygen atoms in total. The van der Waals surface area contributed by atoms with Crippen LogP contribution in [0.5, 0.6) is 5.75 Å². The van der Waals surface area contributed by atoms with Gasteiger partial charge in [-0.3, -0.25) is 19.3 Å². The number of benzene rings is 1. The molecular formula is C17H19NO4. The van der Waals surface area contributed by atoms with Crippen molar-refractivity contribution in [3.8, 4) is 5.75 Å². The van der Waals surface area contributed by atoms with Gasteiger partial charge in [0, 0.05) is 12.0 Å². The lowest BCUT2D eigenvalue weighted by Crippen LogP contribution is -2.54. The molecule has 2 heterocycles. The third kappa shape index (κ3) is 1.68. The summed E-state index contributed by atoms with van der Waals surface area (Å²) in [5.41, 5.74) is 0.167. The lowest BCUT2D eigenvalue weighted by atomic mass is 9.71. The summed E-state index contributed by atoms with van der Waals surface area (Å²) in [6.07, 6.45) is 1.06. The second-order valence-electron chi connectivity index (χ2n) is 5.87. The van der Waals surface area contributed by atoms with Crippen LogP contribution in [0.1, 0.15) is 55.1 Å². The van der Waals surface area contributed by atoms with Gasteiger partial charge in [0.1, 0.15) is 11.2 Å². The second-order valence-corrected chi connectivity index (χ2v) is 5.87. The van der Waals surface area contributed by atoms with E-state index in [1.165, 1.54) is 12.0 Å². The van der Waals surface area contributed by atoms with Crippen LogP contribution in [0.4, 0.5) is 0 Å². The molecule has 2 aliphatic rings. The predicted molar refractivity (Wildman–Crippen MR) is 79.6 cm³/mol. The number of ketones is 1. The molecule has 0 aromatic heterocycles. The smallest absolute Gasteiger partial charge is 0.261 e. The van der Waals surface area contributed by atoms with Crippen molar-refractivity contribution in [1.82, 2.24) is 4.90 Å². The van der Waals surface area contributed by atoms with Gasteiger partial charge < -0.3 is 4.74 Å². The largest absolute Gasteiger partial charge is 0.497 e. The van der Waals surface area contributed by atoms with Gasteiger partial charge in [0.25, 0.3) is 5.91 Å². The van der Waals surface area contributed by atoms with E-state index < -0.39 is 11.5 Å². The van der Waals surface area contributed by atoms with E-state index in [2.05, 4.69) is 0 Å². The number of nitrogens with zero attached hydrogens (tertiary/aromatic N) is 1. The summed E-state index contributed by atoms with van der Waals surface area (Å²) in [6, 6.07) is 4.72. The van der Waals surface area contributed by atoms with Crippen molar-refractivity contribution in [3.05, 3.63) is 29.3 Å². The fraction of sp³-hybridized carbons (Fsp3) is 0.471. The van der Waals surface area contributed by atoms with Crippen LogP contribution in [0.15, 0.2) is 18.2 Å². The second kappa shape index (κ2) is 4.93. The van der Waals surface area contributed by atoms with Crippen LogP contribution < -0.4 is 4.74 Å². The first-order valence-corrected chi connectivity index (χ1v) is 7.59. The molecule has 1 saturated heterocycles. The zero-order valence-electron chi connectivity index (χ0n) is 13.0. The number of carbonyl (C=O) groups is 3. The van der Waals surface area contributed by atoms with Crippen molar-refractivity contribution in [2.45, 2.75) is 39.2 Å². The van der Waals surface area contributed by atoms with Gasteiger partial charge in [-0.05, 0) is 30.5 Å². The van der Waals surface area contributed by atoms with Gasteiger partial charge in [-0.25, -0.2) is 0 Å². The maximum atomic E-state index is 12.9. The monoisotopic (exact) mass is 301 g/mol. The van der Waals surface area contributed by atoms with E-state index in [4.69, 9.17) is 4.74 Å². The van der Waals surface area contributed by atoms with Crippen LogP contribution in [-0.4, -0.2) is 29.6 Å². The highest BCUT2D eigenvalue weighted by atomic mass is 16.5. The number of carbonyl (C=O) groups excluding carboxylic acids is 3. The maximum Gasteiger partial charge on any atom is 0.261 e. The number of amides is 2. The Balaban J connectivity index is 2.10. The van der Waals surface area contributed by atoms with Gasteiger partial charge in [-0.15, -0.1) is 0 Å². The molecule has 3 rings (SSSR count). The molecule has 2 amide bonds. The molecule has 1 unspecified atom stereocenters. The Kier molecular flexibility index (Phi) is 3.31. The number of piperidine rings is 1. The van der Waals surface area contributed by atoms with Crippen LogP contribution in [0.3, 0.4) is 0 Å². The number of hydrogen-bond acceptors (Lipinski definition) is 4. The molecule has 0 spiro atoms. The van der Waals surface area contributed by atoms with Gasteiger partial charge in [-0.1, -0.05) is 19.9 Å². The summed E-state index contributed by atoms with van der Waals surface area (Å²) >= 11 is 0. The van der Waals surface area contributed by atoms with E-state index in [0.29, 0.717) is 24.2 Å². The Labute approximate surface area is 129 Å². The van der Waals surface area contributed by atoms with Crippen molar-refractivity contribution < 1.29 is 19.1 Å². The van der Waals surface area contributed by atoms with Crippen LogP contribution in [-0.2, 0) is 9.59 Å². The molecule has 1 aromatic carbocycles. The van der Waals surface area contributed by atoms with Crippen molar-refractivity contribution in [2.75, 3.05) is 7.11 Å². The molecule has 0 N–H and O–H groups in total. The highest BCUT2D eigenvalue weighted by Gasteiger charge is 2.56. The number of ether oxygens (including phenoxy) is 1. The molecule has 1 atom stereocenters. The number of Topliss-reactive ketones (excluding diaryl/α,β-unsaturated/α-hetero) is 1. The lowest BCUT2D eigenvalue weighted by molar-refractivity contribution is -0.155. The summed E-state index contributed by atoms with van der Waals surface area (Å²) < 4.78 is 5.15. The van der Waals surface area contributed by atoms with Gasteiger partial charge in [-0.2, -0.15) is 0 Å². The highest BCUT2D eigenvalue weighted by Crippen LogP contribution is 2.47. The van der Waals surface area contributed by atoms with Crippen LogP contribution in [0.25, 0.3) is 0 Å². The van der Waals surface area contributed by atoms with Gasteiger partial charge in [0.2, 0.25) is 5.91 Å². The molecule has 0 saturated carbocycles. The Morgan fingerprint density at radius 2 is 1.91 bits per heavy atom. The summed E-state index contributed by atoms with van der Waals surface area (Å²) in [4.78, 5) is 39.4. The standard InChI is InChI=1S/C17H19NO4/c1-4-17(5-2)14(19)9-13-11-7-6-10(22-3)8-12(11)15(20)18(13)16(17)21/h6-8,13H,4-5,9H2,1-3H3. The molecule has 1 aromatic rings. The van der Waals surface area contributed by atoms with Crippen LogP contribution in [0.2, 0.25) is 0 Å². The SMILES string of the molecule is CCC1(CC)C(=O)CC2c3ccc(OC)cc3C(=O)N2C1=O. The van der Waals surface area contributed by atoms with E-state index in [9.17, 15) is 14.4 Å². The summed E-state index contributed by atoms with van der Waals surface area (Å²) in [5, 5.41) is 0. The molecule has 2 aliphatic heterocycles. The van der Waals surface area contributed by atoms with Crippen LogP contribution >= 0.6 is 0 Å². The van der Waals surface area contributed by atoms with E-state index in [-0.39, 0.29) is 24.0 Å². The Morgan fingerprint density at radius 3 is 2.50 bits per heavy atom. The topological polar surface area (TPSA) is 63.7 Å². The van der Waals surface area contributed by atoms with E-state index >= 15 is 0 Å².